The molecule has 6 nitrogen and oxygen atoms in total. The van der Waals surface area contributed by atoms with Crippen LogP contribution < -0.4 is 15.8 Å². The third kappa shape index (κ3) is 2.77. The lowest BCUT2D eigenvalue weighted by molar-refractivity contribution is -0.125. The van der Waals surface area contributed by atoms with Crippen molar-refractivity contribution in [1.29, 1.82) is 0 Å². The van der Waals surface area contributed by atoms with E-state index in [1.807, 2.05) is 6.07 Å². The summed E-state index contributed by atoms with van der Waals surface area (Å²) in [7, 11) is 1.55. The second-order valence-corrected chi connectivity index (χ2v) is 4.20. The van der Waals surface area contributed by atoms with Crippen LogP contribution in [0, 0.1) is 5.92 Å². The van der Waals surface area contributed by atoms with Gasteiger partial charge < -0.3 is 20.5 Å². The number of hydrogen-bond donors (Lipinski definition) is 2. The molecule has 2 rings (SSSR count). The number of nitrogens with one attached hydrogen (secondary N) is 1. The quantitative estimate of drug-likeness (QED) is 0.766. The van der Waals surface area contributed by atoms with E-state index in [-0.39, 0.29) is 17.9 Å². The van der Waals surface area contributed by atoms with Gasteiger partial charge in [0.1, 0.15) is 0 Å². The fraction of sp³-hybridized carbons (Fsp3) is 0.500. The van der Waals surface area contributed by atoms with Crippen LogP contribution in [0.25, 0.3) is 0 Å². The zero-order valence-corrected chi connectivity index (χ0v) is 10.3. The summed E-state index contributed by atoms with van der Waals surface area (Å²) in [5.74, 6) is 0.156. The Morgan fingerprint density at radius 2 is 2.50 bits per heavy atom. The summed E-state index contributed by atoms with van der Waals surface area (Å²) in [6.07, 6.45) is 1.64. The highest BCUT2D eigenvalue weighted by Gasteiger charge is 2.31. The minimum Gasteiger partial charge on any atom is -0.481 e. The fourth-order valence-corrected chi connectivity index (χ4v) is 1.90. The normalized spacial score (nSPS) is 22.8. The molecule has 98 valence electrons. The fourth-order valence-electron chi connectivity index (χ4n) is 1.90. The maximum atomic E-state index is 11.9. The van der Waals surface area contributed by atoms with Crippen molar-refractivity contribution in [3.63, 3.8) is 0 Å². The van der Waals surface area contributed by atoms with Crippen molar-refractivity contribution in [2.45, 2.75) is 12.6 Å². The van der Waals surface area contributed by atoms with E-state index in [2.05, 4.69) is 10.3 Å². The first-order valence-corrected chi connectivity index (χ1v) is 5.81. The van der Waals surface area contributed by atoms with Crippen molar-refractivity contribution in [3.8, 4) is 5.88 Å². The average molecular weight is 251 g/mol. The molecule has 18 heavy (non-hydrogen) atoms. The summed E-state index contributed by atoms with van der Waals surface area (Å²) in [4.78, 5) is 16.0. The third-order valence-electron chi connectivity index (χ3n) is 2.96. The molecular weight excluding hydrogens is 234 g/mol. The van der Waals surface area contributed by atoms with Crippen molar-refractivity contribution in [2.24, 2.45) is 11.7 Å². The van der Waals surface area contributed by atoms with Gasteiger partial charge in [-0.3, -0.25) is 4.79 Å². The minimum absolute atomic E-state index is 0.0918. The van der Waals surface area contributed by atoms with Crippen LogP contribution in [0.3, 0.4) is 0 Å². The van der Waals surface area contributed by atoms with E-state index < -0.39 is 0 Å². The summed E-state index contributed by atoms with van der Waals surface area (Å²) in [5, 5.41) is 2.83. The van der Waals surface area contributed by atoms with Crippen molar-refractivity contribution in [3.05, 3.63) is 23.9 Å². The molecule has 3 N–H and O–H groups in total. The maximum absolute atomic E-state index is 11.9. The molecule has 6 heteroatoms. The van der Waals surface area contributed by atoms with Crippen LogP contribution in [0.1, 0.15) is 5.56 Å². The molecule has 2 unspecified atom stereocenters. The first-order chi connectivity index (χ1) is 8.72. The molecule has 0 aliphatic carbocycles. The highest BCUT2D eigenvalue weighted by Crippen LogP contribution is 2.15. The second-order valence-electron chi connectivity index (χ2n) is 4.20. The van der Waals surface area contributed by atoms with Gasteiger partial charge in [0.25, 0.3) is 0 Å². The molecule has 1 fully saturated rings. The predicted octanol–water partition coefficient (Wildman–Crippen LogP) is -0.320. The maximum Gasteiger partial charge on any atom is 0.227 e. The van der Waals surface area contributed by atoms with Crippen molar-refractivity contribution in [2.75, 3.05) is 20.3 Å². The van der Waals surface area contributed by atoms with Crippen LogP contribution >= 0.6 is 0 Å². The Hall–Kier alpha value is -1.66. The number of rotatable bonds is 4. The van der Waals surface area contributed by atoms with Gasteiger partial charge in [0.15, 0.2) is 0 Å². The van der Waals surface area contributed by atoms with Gasteiger partial charge in [-0.15, -0.1) is 0 Å². The Balaban J connectivity index is 1.93. The first kappa shape index (κ1) is 12.8. The smallest absolute Gasteiger partial charge is 0.227 e. The molecule has 0 bridgehead atoms. The number of nitrogens with two attached hydrogens (primary N) is 1. The Morgan fingerprint density at radius 3 is 3.17 bits per heavy atom. The Labute approximate surface area is 105 Å². The lowest BCUT2D eigenvalue weighted by Gasteiger charge is -2.14. The molecular formula is C12H17N3O3. The molecule has 1 aromatic rings. The van der Waals surface area contributed by atoms with Crippen LogP contribution in [0.15, 0.2) is 18.3 Å². The molecule has 0 radical (unpaired) electrons. The van der Waals surface area contributed by atoms with E-state index in [1.165, 1.54) is 0 Å². The highest BCUT2D eigenvalue weighted by molar-refractivity contribution is 5.79. The van der Waals surface area contributed by atoms with Crippen LogP contribution in [-0.4, -0.2) is 37.3 Å². The molecule has 1 aliphatic heterocycles. The highest BCUT2D eigenvalue weighted by atomic mass is 16.5. The lowest BCUT2D eigenvalue weighted by atomic mass is 10.0. The number of nitrogens with zero attached hydrogens (tertiary/aromatic N) is 1. The van der Waals surface area contributed by atoms with Gasteiger partial charge in [-0.05, 0) is 6.07 Å². The first-order valence-electron chi connectivity index (χ1n) is 5.81. The van der Waals surface area contributed by atoms with Crippen LogP contribution in [0.5, 0.6) is 5.88 Å². The van der Waals surface area contributed by atoms with Crippen LogP contribution in [0.4, 0.5) is 0 Å². The Morgan fingerprint density at radius 1 is 1.67 bits per heavy atom. The molecule has 2 heterocycles. The SMILES string of the molecule is COc1ncccc1CNC(=O)C1COCC1N. The summed E-state index contributed by atoms with van der Waals surface area (Å²) in [6, 6.07) is 3.44. The van der Waals surface area contributed by atoms with Gasteiger partial charge in [0, 0.05) is 24.3 Å². The van der Waals surface area contributed by atoms with Crippen LogP contribution in [0.2, 0.25) is 0 Å². The van der Waals surface area contributed by atoms with Gasteiger partial charge in [0.2, 0.25) is 11.8 Å². The van der Waals surface area contributed by atoms with Gasteiger partial charge >= 0.3 is 0 Å². The van der Waals surface area contributed by atoms with E-state index in [9.17, 15) is 4.79 Å². The summed E-state index contributed by atoms with van der Waals surface area (Å²) in [6.45, 7) is 1.20. The number of hydrogen-bond acceptors (Lipinski definition) is 5. The molecule has 1 saturated heterocycles. The lowest BCUT2D eigenvalue weighted by Crippen LogP contribution is -2.40. The van der Waals surface area contributed by atoms with E-state index in [1.54, 1.807) is 19.4 Å². The van der Waals surface area contributed by atoms with Crippen molar-refractivity contribution < 1.29 is 14.3 Å². The third-order valence-corrected chi connectivity index (χ3v) is 2.96. The van der Waals surface area contributed by atoms with E-state index in [0.29, 0.717) is 25.6 Å². The molecule has 2 atom stereocenters. The van der Waals surface area contributed by atoms with Crippen molar-refractivity contribution in [1.82, 2.24) is 10.3 Å². The number of amides is 1. The summed E-state index contributed by atoms with van der Waals surface area (Å²) >= 11 is 0. The van der Waals surface area contributed by atoms with Gasteiger partial charge in [-0.2, -0.15) is 0 Å². The summed E-state index contributed by atoms with van der Waals surface area (Å²) < 4.78 is 10.3. The zero-order valence-electron chi connectivity index (χ0n) is 10.3. The number of pyridine rings is 1. The van der Waals surface area contributed by atoms with Gasteiger partial charge in [0.05, 0.1) is 26.2 Å². The molecule has 0 aromatic carbocycles. The monoisotopic (exact) mass is 251 g/mol. The second kappa shape index (κ2) is 5.79. The van der Waals surface area contributed by atoms with E-state index >= 15 is 0 Å². The van der Waals surface area contributed by atoms with Gasteiger partial charge in [-0.1, -0.05) is 6.07 Å². The van der Waals surface area contributed by atoms with Gasteiger partial charge in [-0.25, -0.2) is 4.98 Å². The zero-order chi connectivity index (χ0) is 13.0. The standard InChI is InChI=1S/C12H17N3O3/c1-17-12-8(3-2-4-14-12)5-15-11(16)9-6-18-7-10(9)13/h2-4,9-10H,5-7,13H2,1H3,(H,15,16). The molecule has 1 aromatic heterocycles. The molecule has 1 aliphatic rings. The van der Waals surface area contributed by atoms with E-state index in [4.69, 9.17) is 15.2 Å². The van der Waals surface area contributed by atoms with E-state index in [0.717, 1.165) is 5.56 Å². The largest absolute Gasteiger partial charge is 0.481 e. The Bertz CT molecular complexity index is 425. The molecule has 0 saturated carbocycles. The van der Waals surface area contributed by atoms with Crippen molar-refractivity contribution >= 4 is 5.91 Å². The summed E-state index contributed by atoms with van der Waals surface area (Å²) in [5.41, 5.74) is 6.62. The number of carbonyl (C=O) groups excluding carboxylic acids is 1. The predicted molar refractivity (Wildman–Crippen MR) is 64.9 cm³/mol. The topological polar surface area (TPSA) is 86.5 Å². The number of aromatic nitrogens is 1. The molecule has 1 amide bonds. The minimum atomic E-state index is -0.271. The number of methoxy groups -OCH3 is 1. The van der Waals surface area contributed by atoms with Crippen LogP contribution in [-0.2, 0) is 16.1 Å². The number of ether oxygens (including phenoxy) is 2. The molecule has 0 spiro atoms. The Kier molecular flexibility index (Phi) is 4.11. The average Bonchev–Trinajstić information content (AvgIpc) is 2.82. The number of carbonyl (C=O) groups is 1.